The molecular formula is C15H22N6. The van der Waals surface area contributed by atoms with E-state index < -0.39 is 0 Å². The average Bonchev–Trinajstić information content (AvgIpc) is 2.88. The Morgan fingerprint density at radius 1 is 1.24 bits per heavy atom. The summed E-state index contributed by atoms with van der Waals surface area (Å²) in [6.45, 7) is 2.87. The fraction of sp³-hybridized carbons (Fsp3) is 0.600. The fourth-order valence-corrected chi connectivity index (χ4v) is 2.85. The number of rotatable bonds is 5. The van der Waals surface area contributed by atoms with Crippen molar-refractivity contribution in [1.82, 2.24) is 24.7 Å². The normalized spacial score (nSPS) is 14.0. The van der Waals surface area contributed by atoms with Crippen LogP contribution in [0.3, 0.4) is 0 Å². The average molecular weight is 286 g/mol. The van der Waals surface area contributed by atoms with Crippen molar-refractivity contribution in [2.45, 2.75) is 45.4 Å². The zero-order chi connectivity index (χ0) is 14.7. The Hall–Kier alpha value is -1.98. The van der Waals surface area contributed by atoms with Gasteiger partial charge in [0.1, 0.15) is 23.8 Å². The van der Waals surface area contributed by atoms with Crippen LogP contribution in [0.5, 0.6) is 0 Å². The van der Waals surface area contributed by atoms with Crippen LogP contribution in [0.1, 0.15) is 42.2 Å². The summed E-state index contributed by atoms with van der Waals surface area (Å²) in [4.78, 5) is 9.17. The van der Waals surface area contributed by atoms with Crippen molar-refractivity contribution in [1.29, 1.82) is 0 Å². The van der Waals surface area contributed by atoms with Crippen LogP contribution in [0.15, 0.2) is 6.33 Å². The number of hydrogen-bond donors (Lipinski definition) is 1. The maximum absolute atomic E-state index is 4.58. The molecule has 6 heteroatoms. The summed E-state index contributed by atoms with van der Waals surface area (Å²) in [5.74, 6) is 2.93. The summed E-state index contributed by atoms with van der Waals surface area (Å²) in [7, 11) is 1.98. The molecule has 2 heterocycles. The molecule has 1 aliphatic carbocycles. The molecule has 1 N–H and O–H groups in total. The SMILES string of the molecule is Cc1nc2c(c(NCCCc3nncn3C)n1)CCCC2. The van der Waals surface area contributed by atoms with Gasteiger partial charge in [-0.25, -0.2) is 9.97 Å². The topological polar surface area (TPSA) is 68.5 Å². The highest BCUT2D eigenvalue weighted by Crippen LogP contribution is 2.25. The van der Waals surface area contributed by atoms with E-state index in [1.54, 1.807) is 6.33 Å². The van der Waals surface area contributed by atoms with Gasteiger partial charge in [0.2, 0.25) is 0 Å². The molecule has 0 spiro atoms. The Morgan fingerprint density at radius 2 is 2.10 bits per heavy atom. The minimum atomic E-state index is 0.867. The van der Waals surface area contributed by atoms with Gasteiger partial charge in [-0.2, -0.15) is 0 Å². The number of nitrogens with one attached hydrogen (secondary N) is 1. The minimum absolute atomic E-state index is 0.867. The highest BCUT2D eigenvalue weighted by atomic mass is 15.2. The number of hydrogen-bond acceptors (Lipinski definition) is 5. The van der Waals surface area contributed by atoms with Crippen LogP contribution in [0.2, 0.25) is 0 Å². The van der Waals surface area contributed by atoms with Crippen molar-refractivity contribution >= 4 is 5.82 Å². The number of nitrogens with zero attached hydrogens (tertiary/aromatic N) is 5. The Balaban J connectivity index is 1.60. The van der Waals surface area contributed by atoms with Gasteiger partial charge in [0.25, 0.3) is 0 Å². The van der Waals surface area contributed by atoms with E-state index in [0.29, 0.717) is 0 Å². The molecule has 0 saturated carbocycles. The second kappa shape index (κ2) is 6.20. The Labute approximate surface area is 125 Å². The maximum Gasteiger partial charge on any atom is 0.133 e. The van der Waals surface area contributed by atoms with Gasteiger partial charge in [0.15, 0.2) is 0 Å². The van der Waals surface area contributed by atoms with Gasteiger partial charge in [-0.05, 0) is 39.0 Å². The highest BCUT2D eigenvalue weighted by Gasteiger charge is 2.16. The molecule has 0 fully saturated rings. The first-order valence-corrected chi connectivity index (χ1v) is 7.67. The molecule has 0 bridgehead atoms. The molecule has 0 radical (unpaired) electrons. The van der Waals surface area contributed by atoms with Gasteiger partial charge in [-0.1, -0.05) is 0 Å². The van der Waals surface area contributed by atoms with Gasteiger partial charge in [0, 0.05) is 31.3 Å². The van der Waals surface area contributed by atoms with Crippen LogP contribution < -0.4 is 5.32 Å². The second-order valence-electron chi connectivity index (χ2n) is 5.64. The lowest BCUT2D eigenvalue weighted by molar-refractivity contribution is 0.658. The van der Waals surface area contributed by atoms with Gasteiger partial charge in [0.05, 0.1) is 0 Å². The van der Waals surface area contributed by atoms with Gasteiger partial charge in [-0.3, -0.25) is 0 Å². The fourth-order valence-electron chi connectivity index (χ4n) is 2.85. The molecule has 0 amide bonds. The lowest BCUT2D eigenvalue weighted by Gasteiger charge is -2.19. The lowest BCUT2D eigenvalue weighted by Crippen LogP contribution is -2.15. The molecule has 3 rings (SSSR count). The predicted octanol–water partition coefficient (Wildman–Crippen LogP) is 1.84. The van der Waals surface area contributed by atoms with Crippen LogP contribution >= 0.6 is 0 Å². The third kappa shape index (κ3) is 3.20. The van der Waals surface area contributed by atoms with Gasteiger partial charge < -0.3 is 9.88 Å². The van der Waals surface area contributed by atoms with E-state index in [9.17, 15) is 0 Å². The Bertz CT molecular complexity index is 619. The van der Waals surface area contributed by atoms with E-state index in [1.807, 2.05) is 18.5 Å². The monoisotopic (exact) mass is 286 g/mol. The lowest BCUT2D eigenvalue weighted by atomic mass is 9.96. The molecule has 1 aliphatic rings. The first-order valence-electron chi connectivity index (χ1n) is 7.67. The first kappa shape index (κ1) is 14.0. The van der Waals surface area contributed by atoms with E-state index in [1.165, 1.54) is 24.1 Å². The van der Waals surface area contributed by atoms with Crippen molar-refractivity contribution in [2.75, 3.05) is 11.9 Å². The standard InChI is InChI=1S/C15H22N6/c1-11-18-13-7-4-3-6-12(13)15(19-11)16-9-5-8-14-20-17-10-21(14)2/h10H,3-9H2,1-2H3,(H,16,18,19). The zero-order valence-electron chi connectivity index (χ0n) is 12.8. The predicted molar refractivity (Wildman–Crippen MR) is 81.2 cm³/mol. The number of aryl methyl sites for hydroxylation is 4. The molecule has 112 valence electrons. The van der Waals surface area contributed by atoms with Crippen molar-refractivity contribution in [3.63, 3.8) is 0 Å². The summed E-state index contributed by atoms with van der Waals surface area (Å²) >= 11 is 0. The molecule has 2 aromatic heterocycles. The molecular weight excluding hydrogens is 264 g/mol. The number of anilines is 1. The minimum Gasteiger partial charge on any atom is -0.370 e. The first-order chi connectivity index (χ1) is 10.2. The number of fused-ring (bicyclic) bond motifs is 1. The van der Waals surface area contributed by atoms with E-state index in [0.717, 1.165) is 49.7 Å². The summed E-state index contributed by atoms with van der Waals surface area (Å²) in [6.07, 6.45) is 8.36. The van der Waals surface area contributed by atoms with Crippen LogP contribution in [0.4, 0.5) is 5.82 Å². The van der Waals surface area contributed by atoms with E-state index in [-0.39, 0.29) is 0 Å². The van der Waals surface area contributed by atoms with Crippen LogP contribution in [0.25, 0.3) is 0 Å². The highest BCUT2D eigenvalue weighted by molar-refractivity contribution is 5.47. The van der Waals surface area contributed by atoms with Crippen LogP contribution in [-0.2, 0) is 26.3 Å². The van der Waals surface area contributed by atoms with E-state index in [4.69, 9.17) is 0 Å². The maximum atomic E-state index is 4.58. The van der Waals surface area contributed by atoms with Crippen molar-refractivity contribution in [3.8, 4) is 0 Å². The molecule has 0 saturated heterocycles. The molecule has 6 nitrogen and oxygen atoms in total. The smallest absolute Gasteiger partial charge is 0.133 e. The summed E-state index contributed by atoms with van der Waals surface area (Å²) in [5, 5.41) is 11.5. The Morgan fingerprint density at radius 3 is 2.90 bits per heavy atom. The molecule has 0 unspecified atom stereocenters. The van der Waals surface area contributed by atoms with E-state index in [2.05, 4.69) is 25.5 Å². The Kier molecular flexibility index (Phi) is 4.13. The van der Waals surface area contributed by atoms with Crippen LogP contribution in [-0.4, -0.2) is 31.3 Å². The molecule has 0 atom stereocenters. The molecule has 21 heavy (non-hydrogen) atoms. The van der Waals surface area contributed by atoms with Crippen molar-refractivity contribution in [2.24, 2.45) is 7.05 Å². The molecule has 0 aliphatic heterocycles. The van der Waals surface area contributed by atoms with Crippen molar-refractivity contribution < 1.29 is 0 Å². The van der Waals surface area contributed by atoms with E-state index >= 15 is 0 Å². The van der Waals surface area contributed by atoms with Crippen LogP contribution in [0, 0.1) is 6.92 Å². The number of aromatic nitrogens is 5. The van der Waals surface area contributed by atoms with Crippen molar-refractivity contribution in [3.05, 3.63) is 29.2 Å². The molecule has 0 aromatic carbocycles. The quantitative estimate of drug-likeness (QED) is 0.849. The largest absolute Gasteiger partial charge is 0.370 e. The van der Waals surface area contributed by atoms with Gasteiger partial charge >= 0.3 is 0 Å². The third-order valence-corrected chi connectivity index (χ3v) is 3.97. The zero-order valence-corrected chi connectivity index (χ0v) is 12.8. The molecule has 2 aromatic rings. The summed E-state index contributed by atoms with van der Waals surface area (Å²) in [6, 6.07) is 0. The second-order valence-corrected chi connectivity index (χ2v) is 5.64. The van der Waals surface area contributed by atoms with Gasteiger partial charge in [-0.15, -0.1) is 10.2 Å². The summed E-state index contributed by atoms with van der Waals surface area (Å²) in [5.41, 5.74) is 2.56. The summed E-state index contributed by atoms with van der Waals surface area (Å²) < 4.78 is 1.97. The third-order valence-electron chi connectivity index (χ3n) is 3.97.